The number of anilines is 3. The predicted molar refractivity (Wildman–Crippen MR) is 125 cm³/mol. The first-order valence-corrected chi connectivity index (χ1v) is 11.8. The average Bonchev–Trinajstić information content (AvgIpc) is 3.36. The van der Waals surface area contributed by atoms with Crippen molar-refractivity contribution in [3.63, 3.8) is 0 Å². The van der Waals surface area contributed by atoms with E-state index in [4.69, 9.17) is 4.74 Å². The van der Waals surface area contributed by atoms with Gasteiger partial charge < -0.3 is 14.5 Å². The highest BCUT2D eigenvalue weighted by atomic mass is 19.1. The fourth-order valence-electron chi connectivity index (χ4n) is 5.35. The lowest BCUT2D eigenvalue weighted by Gasteiger charge is -2.31. The Morgan fingerprint density at radius 1 is 1.17 bits per heavy atom. The van der Waals surface area contributed by atoms with E-state index in [0.29, 0.717) is 6.07 Å². The summed E-state index contributed by atoms with van der Waals surface area (Å²) in [5.41, 5.74) is -0.850. The first-order valence-electron chi connectivity index (χ1n) is 11.8. The largest absolute Gasteiger partial charge is 0.463 e. The van der Waals surface area contributed by atoms with Crippen LogP contribution in [0.2, 0.25) is 0 Å². The Bertz CT molecular complexity index is 1330. The Balaban J connectivity index is 1.58. The maximum atomic E-state index is 15.4. The molecule has 1 aromatic heterocycles. The fourth-order valence-corrected chi connectivity index (χ4v) is 5.35. The summed E-state index contributed by atoms with van der Waals surface area (Å²) in [6.45, 7) is 3.62. The van der Waals surface area contributed by atoms with Gasteiger partial charge in [-0.25, -0.2) is 22.9 Å². The zero-order valence-corrected chi connectivity index (χ0v) is 19.8. The van der Waals surface area contributed by atoms with Crippen LogP contribution in [0.15, 0.2) is 29.8 Å². The van der Waals surface area contributed by atoms with E-state index in [1.807, 2.05) is 0 Å². The van der Waals surface area contributed by atoms with Crippen molar-refractivity contribution in [2.24, 2.45) is 11.3 Å². The molecule has 0 bridgehead atoms. The molecule has 3 heterocycles. The van der Waals surface area contributed by atoms with Gasteiger partial charge in [0, 0.05) is 37.1 Å². The second-order valence-electron chi connectivity index (χ2n) is 9.42. The molecule has 10 heteroatoms. The van der Waals surface area contributed by atoms with Crippen LogP contribution in [0.25, 0.3) is 6.08 Å². The van der Waals surface area contributed by atoms with Gasteiger partial charge in [-0.15, -0.1) is 0 Å². The summed E-state index contributed by atoms with van der Waals surface area (Å²) < 4.78 is 48.8. The van der Waals surface area contributed by atoms with Crippen molar-refractivity contribution in [1.29, 1.82) is 0 Å². The number of aromatic nitrogens is 1. The lowest BCUT2D eigenvalue weighted by molar-refractivity contribution is -0.138. The van der Waals surface area contributed by atoms with Gasteiger partial charge in [-0.3, -0.25) is 9.59 Å². The van der Waals surface area contributed by atoms with Gasteiger partial charge in [0.2, 0.25) is 0 Å². The van der Waals surface area contributed by atoms with Crippen LogP contribution >= 0.6 is 0 Å². The van der Waals surface area contributed by atoms with Crippen molar-refractivity contribution < 1.29 is 32.3 Å². The van der Waals surface area contributed by atoms with Crippen molar-refractivity contribution >= 4 is 40.9 Å². The summed E-state index contributed by atoms with van der Waals surface area (Å²) in [6.07, 6.45) is 1.88. The van der Waals surface area contributed by atoms with Crippen molar-refractivity contribution in [1.82, 2.24) is 4.98 Å². The first kappa shape index (κ1) is 24.0. The Morgan fingerprint density at radius 3 is 2.61 bits per heavy atom. The number of fused-ring (bicyclic) bond motifs is 1. The number of halogens is 3. The van der Waals surface area contributed by atoms with Gasteiger partial charge in [-0.05, 0) is 37.6 Å². The van der Waals surface area contributed by atoms with Crippen molar-refractivity contribution in [3.05, 3.63) is 52.9 Å². The zero-order valence-electron chi connectivity index (χ0n) is 19.8. The van der Waals surface area contributed by atoms with Gasteiger partial charge in [0.25, 0.3) is 0 Å². The number of carbonyl (C=O) groups excluding carboxylic acids is 3. The predicted octanol–water partition coefficient (Wildman–Crippen LogP) is 3.97. The Hall–Kier alpha value is -3.69. The molecule has 2 atom stereocenters. The summed E-state index contributed by atoms with van der Waals surface area (Å²) in [5.74, 6) is -3.58. The number of carbonyl (C=O) groups is 3. The third-order valence-corrected chi connectivity index (χ3v) is 7.13. The molecule has 0 radical (unpaired) electrons. The molecule has 1 aromatic carbocycles. The standard InChI is InChI=1S/C26H24F3N3O4/c1-3-36-25(35)16-9-15-10-19(29)24(31-7-6-26(13-31)21(33)8-14(2)22(26)34)30-23(15)32(12-16)20-5-4-17(27)11-18(20)28/h4-5,9-11,14H,3,6-8,12-13H2,1-2H3. The molecule has 3 aliphatic rings. The van der Waals surface area contributed by atoms with Gasteiger partial charge >= 0.3 is 5.97 Å². The number of rotatable bonds is 4. The number of Topliss-reactive ketones (excluding diaryl/α,β-unsaturated/α-hetero) is 2. The van der Waals surface area contributed by atoms with E-state index in [0.717, 1.165) is 6.07 Å². The average molecular weight is 499 g/mol. The second kappa shape index (κ2) is 8.76. The zero-order chi connectivity index (χ0) is 25.8. The maximum Gasteiger partial charge on any atom is 0.335 e. The number of pyridine rings is 1. The van der Waals surface area contributed by atoms with E-state index in [1.165, 1.54) is 23.1 Å². The third-order valence-electron chi connectivity index (χ3n) is 7.13. The van der Waals surface area contributed by atoms with Crippen LogP contribution in [-0.4, -0.2) is 48.8 Å². The van der Waals surface area contributed by atoms with Crippen LogP contribution in [0, 0.1) is 28.8 Å². The van der Waals surface area contributed by atoms with Gasteiger partial charge in [-0.2, -0.15) is 0 Å². The van der Waals surface area contributed by atoms with Crippen LogP contribution in [0.1, 0.15) is 32.3 Å². The van der Waals surface area contributed by atoms with Crippen LogP contribution in [0.5, 0.6) is 0 Å². The fraction of sp³-hybridized carbons (Fsp3) is 0.385. The lowest BCUT2D eigenvalue weighted by Crippen LogP contribution is -2.37. The molecule has 1 spiro atoms. The molecule has 1 aliphatic carbocycles. The van der Waals surface area contributed by atoms with Crippen LogP contribution in [-0.2, 0) is 19.1 Å². The quantitative estimate of drug-likeness (QED) is 0.465. The number of esters is 1. The molecule has 0 amide bonds. The molecule has 2 aromatic rings. The summed E-state index contributed by atoms with van der Waals surface area (Å²) >= 11 is 0. The molecule has 1 saturated carbocycles. The molecule has 0 N–H and O–H groups in total. The van der Waals surface area contributed by atoms with E-state index < -0.39 is 28.8 Å². The van der Waals surface area contributed by atoms with Crippen LogP contribution < -0.4 is 9.80 Å². The molecule has 5 rings (SSSR count). The number of hydrogen-bond acceptors (Lipinski definition) is 7. The molecular formula is C26H24F3N3O4. The summed E-state index contributed by atoms with van der Waals surface area (Å²) in [7, 11) is 0. The van der Waals surface area contributed by atoms with E-state index in [1.54, 1.807) is 18.7 Å². The molecule has 2 fully saturated rings. The Kier molecular flexibility index (Phi) is 5.84. The topological polar surface area (TPSA) is 79.8 Å². The summed E-state index contributed by atoms with van der Waals surface area (Å²) in [4.78, 5) is 45.3. The van der Waals surface area contributed by atoms with Gasteiger partial charge in [-0.1, -0.05) is 6.92 Å². The minimum atomic E-state index is -1.16. The van der Waals surface area contributed by atoms with E-state index in [-0.39, 0.29) is 85.0 Å². The molecule has 7 nitrogen and oxygen atoms in total. The normalized spacial score (nSPS) is 23.4. The van der Waals surface area contributed by atoms with E-state index in [2.05, 4.69) is 4.98 Å². The van der Waals surface area contributed by atoms with E-state index >= 15 is 4.39 Å². The number of ketones is 2. The monoisotopic (exact) mass is 499 g/mol. The lowest BCUT2D eigenvalue weighted by atomic mass is 9.82. The highest BCUT2D eigenvalue weighted by Gasteiger charge is 2.56. The molecular weight excluding hydrogens is 475 g/mol. The first-order chi connectivity index (χ1) is 17.1. The highest BCUT2D eigenvalue weighted by molar-refractivity contribution is 6.15. The van der Waals surface area contributed by atoms with Gasteiger partial charge in [0.15, 0.2) is 17.4 Å². The van der Waals surface area contributed by atoms with Crippen molar-refractivity contribution in [2.45, 2.75) is 26.7 Å². The number of benzene rings is 1. The third kappa shape index (κ3) is 3.75. The molecule has 188 valence electrons. The minimum Gasteiger partial charge on any atom is -0.463 e. The smallest absolute Gasteiger partial charge is 0.335 e. The molecule has 2 aliphatic heterocycles. The van der Waals surface area contributed by atoms with Crippen molar-refractivity contribution in [3.8, 4) is 0 Å². The Morgan fingerprint density at radius 2 is 1.94 bits per heavy atom. The molecule has 1 saturated heterocycles. The van der Waals surface area contributed by atoms with E-state index in [9.17, 15) is 23.2 Å². The molecule has 36 heavy (non-hydrogen) atoms. The molecule has 2 unspecified atom stereocenters. The minimum absolute atomic E-state index is 0.0204. The second-order valence-corrected chi connectivity index (χ2v) is 9.42. The highest BCUT2D eigenvalue weighted by Crippen LogP contribution is 2.45. The number of ether oxygens (including phenoxy) is 1. The van der Waals surface area contributed by atoms with Crippen molar-refractivity contribution in [2.75, 3.05) is 36.0 Å². The summed E-state index contributed by atoms with van der Waals surface area (Å²) in [5, 5.41) is 0. The SMILES string of the molecule is CCOC(=O)C1=Cc2cc(F)c(N3CCC4(C3)C(=O)CC(C)C4=O)nc2N(c2ccc(F)cc2F)C1. The Labute approximate surface area is 205 Å². The number of nitrogens with zero attached hydrogens (tertiary/aromatic N) is 3. The maximum absolute atomic E-state index is 15.4. The van der Waals surface area contributed by atoms with Gasteiger partial charge in [0.05, 0.1) is 24.4 Å². The van der Waals surface area contributed by atoms with Gasteiger partial charge in [0.1, 0.15) is 28.7 Å². The van der Waals surface area contributed by atoms with Crippen LogP contribution in [0.4, 0.5) is 30.5 Å². The summed E-state index contributed by atoms with van der Waals surface area (Å²) in [6, 6.07) is 4.18. The van der Waals surface area contributed by atoms with Crippen LogP contribution in [0.3, 0.4) is 0 Å². The number of hydrogen-bond donors (Lipinski definition) is 0.